The summed E-state index contributed by atoms with van der Waals surface area (Å²) in [6, 6.07) is 40.9. The Labute approximate surface area is 503 Å². The average molecular weight is 1180 g/mol. The minimum Gasteiger partial charge on any atom is -0.314 e. The lowest BCUT2D eigenvalue weighted by molar-refractivity contribution is 1.05. The molecule has 0 unspecified atom stereocenters. The second-order valence-electron chi connectivity index (χ2n) is 19.7. The highest BCUT2D eigenvalue weighted by Crippen LogP contribution is 2.63. The monoisotopic (exact) mass is 1180 g/mol. The number of para-hydroxylation sites is 4. The third-order valence-electron chi connectivity index (χ3n) is 14.6. The summed E-state index contributed by atoms with van der Waals surface area (Å²) in [6.45, 7) is 0. The Hall–Kier alpha value is -13.2. The molecule has 6 aromatic carbocycles. The van der Waals surface area contributed by atoms with Crippen molar-refractivity contribution < 1.29 is 0 Å². The maximum absolute atomic E-state index is 4.72. The molecular weight excluding hydrogens is 1140 g/mol. The van der Waals surface area contributed by atoms with E-state index in [-0.39, 0.29) is 0 Å². The SMILES string of the molecule is c1ccc2c(c1)N(c1cc(-c3ncncn3)cc(-c3ncncn3)c1)[Si]1(N2c2cc(-c3ncncn3)cc(-c3ncncn3)c2)N(c2cc(-c3ncncn3)cc(-c3ncncn3)c2)c2ccccc2N1c1cc(-c2ncncn2)cc(-c2ncncn2)c1. The summed E-state index contributed by atoms with van der Waals surface area (Å²) in [5.74, 6) is 3.16. The van der Waals surface area contributed by atoms with Crippen molar-refractivity contribution in [3.63, 3.8) is 0 Å². The van der Waals surface area contributed by atoms with E-state index in [2.05, 4.69) is 131 Å². The summed E-state index contributed by atoms with van der Waals surface area (Å²) in [7, 11) is -4.64. The Balaban J connectivity index is 1.11. The first kappa shape index (κ1) is 51.5. The minimum atomic E-state index is -4.64. The number of hydrogen-bond acceptors (Lipinski definition) is 28. The summed E-state index contributed by atoms with van der Waals surface area (Å²) in [6.07, 6.45) is 23.5. The van der Waals surface area contributed by atoms with Gasteiger partial charge < -0.3 is 18.3 Å². The quantitative estimate of drug-likeness (QED) is 0.104. The topological polar surface area (TPSA) is 322 Å². The van der Waals surface area contributed by atoms with Gasteiger partial charge in [0.2, 0.25) is 0 Å². The smallest absolute Gasteiger partial charge is 0.314 e. The predicted molar refractivity (Wildman–Crippen MR) is 324 cm³/mol. The van der Waals surface area contributed by atoms with Gasteiger partial charge in [-0.15, -0.1) is 0 Å². The van der Waals surface area contributed by atoms with Crippen LogP contribution in [0.4, 0.5) is 45.5 Å². The van der Waals surface area contributed by atoms with Gasteiger partial charge >= 0.3 is 8.72 Å². The molecule has 0 N–H and O–H groups in total. The highest BCUT2D eigenvalue weighted by atomic mass is 28.4. The molecule has 89 heavy (non-hydrogen) atoms. The first-order valence-corrected chi connectivity index (χ1v) is 28.9. The molecule has 0 radical (unpaired) electrons. The van der Waals surface area contributed by atoms with Crippen LogP contribution in [0.15, 0.2) is 223 Å². The Bertz CT molecular complexity index is 4040. The third-order valence-corrected chi connectivity index (χ3v) is 19.0. The van der Waals surface area contributed by atoms with E-state index in [1.54, 1.807) is 0 Å². The second-order valence-corrected chi connectivity index (χ2v) is 22.7. The van der Waals surface area contributed by atoms with Crippen molar-refractivity contribution >= 4 is 54.2 Å². The van der Waals surface area contributed by atoms with Crippen LogP contribution in [0.25, 0.3) is 91.1 Å². The molecule has 29 heteroatoms. The predicted octanol–water partition coefficient (Wildman–Crippen LogP) is 8.22. The second kappa shape index (κ2) is 21.8. The molecule has 2 aliphatic rings. The van der Waals surface area contributed by atoms with Gasteiger partial charge in [-0.05, 0) is 97.1 Å². The average Bonchev–Trinajstić information content (AvgIpc) is 1.51. The van der Waals surface area contributed by atoms with E-state index >= 15 is 0 Å². The van der Waals surface area contributed by atoms with Crippen LogP contribution in [0.5, 0.6) is 0 Å². The van der Waals surface area contributed by atoms with Gasteiger partial charge in [0.1, 0.15) is 101 Å². The zero-order chi connectivity index (χ0) is 59.1. The number of fused-ring (bicyclic) bond motifs is 2. The van der Waals surface area contributed by atoms with E-state index in [0.717, 1.165) is 22.7 Å². The molecule has 8 aromatic heterocycles. The van der Waals surface area contributed by atoms with E-state index in [1.165, 1.54) is 101 Å². The van der Waals surface area contributed by atoms with Gasteiger partial charge in [0.05, 0.1) is 22.7 Å². The molecule has 0 fully saturated rings. The number of benzene rings is 6. The molecule has 1 spiro atoms. The van der Waals surface area contributed by atoms with Crippen LogP contribution in [0.2, 0.25) is 0 Å². The van der Waals surface area contributed by atoms with Crippen LogP contribution in [0.1, 0.15) is 0 Å². The van der Waals surface area contributed by atoms with Gasteiger partial charge in [-0.25, -0.2) is 120 Å². The molecule has 10 heterocycles. The first-order chi connectivity index (χ1) is 44.1. The minimum absolute atomic E-state index is 0.395. The summed E-state index contributed by atoms with van der Waals surface area (Å²) >= 11 is 0. The van der Waals surface area contributed by atoms with Gasteiger partial charge in [-0.3, -0.25) is 0 Å². The van der Waals surface area contributed by atoms with Gasteiger partial charge in [-0.1, -0.05) is 24.3 Å². The van der Waals surface area contributed by atoms with Crippen molar-refractivity contribution in [1.82, 2.24) is 120 Å². The van der Waals surface area contributed by atoms with Crippen LogP contribution in [-0.4, -0.2) is 128 Å². The van der Waals surface area contributed by atoms with E-state index in [0.29, 0.717) is 114 Å². The number of aromatic nitrogens is 24. The first-order valence-electron chi connectivity index (χ1n) is 27.1. The fraction of sp³-hybridized carbons (Fsp3) is 0. The molecule has 0 bridgehead atoms. The number of hydrogen-bond donors (Lipinski definition) is 0. The van der Waals surface area contributed by atoms with Gasteiger partial charge in [-0.2, -0.15) is 0 Å². The maximum atomic E-state index is 4.72. The van der Waals surface area contributed by atoms with Gasteiger partial charge in [0, 0.05) is 67.3 Å². The molecule has 0 atom stereocenters. The Morgan fingerprint density at radius 3 is 0.483 bits per heavy atom. The lowest BCUT2D eigenvalue weighted by Crippen LogP contribution is -2.76. The number of nitrogens with zero attached hydrogens (tertiary/aromatic N) is 28. The molecule has 16 rings (SSSR count). The largest absolute Gasteiger partial charge is 0.521 e. The molecule has 28 nitrogen and oxygen atoms in total. The Kier molecular flexibility index (Phi) is 12.6. The lowest BCUT2D eigenvalue weighted by Gasteiger charge is -2.50. The van der Waals surface area contributed by atoms with Crippen LogP contribution in [0.3, 0.4) is 0 Å². The van der Waals surface area contributed by atoms with Crippen molar-refractivity contribution in [2.45, 2.75) is 0 Å². The van der Waals surface area contributed by atoms with Crippen LogP contribution in [-0.2, 0) is 0 Å². The van der Waals surface area contributed by atoms with Gasteiger partial charge in [0.15, 0.2) is 46.6 Å². The fourth-order valence-corrected chi connectivity index (χ4v) is 16.4. The standard InChI is InChI=1S/C60H36N28Si/c1-2-6-50-49(5-1)85(45-13-37(53-69-21-61-22-70-53)9-38(14-45)54-71-23-62-24-72-54)89(86(50)46-15-39(55-73-25-63-26-74-55)10-40(16-46)56-75-27-64-28-76-56)87(47-17-41(57-77-29-65-30-78-57)11-42(18-47)58-79-31-66-32-80-58)51-7-3-4-8-52(51)88(89)48-19-43(59-81-33-67-34-82-59)12-44(20-48)60-83-35-68-36-84-60/h1-36H. The molecule has 0 saturated carbocycles. The van der Waals surface area contributed by atoms with Crippen molar-refractivity contribution in [2.24, 2.45) is 0 Å². The number of anilines is 8. The summed E-state index contributed by atoms with van der Waals surface area (Å²) in [4.78, 5) is 109. The Morgan fingerprint density at radius 2 is 0.337 bits per heavy atom. The number of rotatable bonds is 12. The van der Waals surface area contributed by atoms with Crippen molar-refractivity contribution in [1.29, 1.82) is 0 Å². The zero-order valence-electron chi connectivity index (χ0n) is 45.8. The van der Waals surface area contributed by atoms with Crippen LogP contribution in [0, 0.1) is 0 Å². The molecule has 0 saturated heterocycles. The van der Waals surface area contributed by atoms with Crippen molar-refractivity contribution in [3.05, 3.63) is 223 Å². The summed E-state index contributed by atoms with van der Waals surface area (Å²) < 4.78 is 9.64. The van der Waals surface area contributed by atoms with E-state index in [9.17, 15) is 0 Å². The normalized spacial score (nSPS) is 12.9. The third kappa shape index (κ3) is 9.10. The van der Waals surface area contributed by atoms with Crippen LogP contribution >= 0.6 is 0 Å². The zero-order valence-corrected chi connectivity index (χ0v) is 46.8. The van der Waals surface area contributed by atoms with Crippen molar-refractivity contribution in [2.75, 3.05) is 18.3 Å². The van der Waals surface area contributed by atoms with E-state index < -0.39 is 8.72 Å². The van der Waals surface area contributed by atoms with Crippen molar-refractivity contribution in [3.8, 4) is 91.1 Å². The molecule has 0 aliphatic carbocycles. The highest BCUT2D eigenvalue weighted by molar-refractivity contribution is 6.99. The van der Waals surface area contributed by atoms with Crippen LogP contribution < -0.4 is 18.3 Å². The lowest BCUT2D eigenvalue weighted by atomic mass is 10.1. The van der Waals surface area contributed by atoms with E-state index in [4.69, 9.17) is 79.7 Å². The molecule has 0 amide bonds. The van der Waals surface area contributed by atoms with E-state index in [1.807, 2.05) is 48.5 Å². The molecule has 14 aromatic rings. The highest BCUT2D eigenvalue weighted by Gasteiger charge is 2.70. The Morgan fingerprint density at radius 1 is 0.191 bits per heavy atom. The maximum Gasteiger partial charge on any atom is 0.521 e. The fourth-order valence-electron chi connectivity index (χ4n) is 11.3. The molecule has 2 aliphatic heterocycles. The molecule has 420 valence electrons. The van der Waals surface area contributed by atoms with Gasteiger partial charge in [0.25, 0.3) is 0 Å². The molecular formula is C60H36N28Si. The summed E-state index contributed by atoms with van der Waals surface area (Å²) in [5.41, 5.74) is 10.9. The summed E-state index contributed by atoms with van der Waals surface area (Å²) in [5, 5.41) is 0.